The van der Waals surface area contributed by atoms with Gasteiger partial charge in [-0.25, -0.2) is 0 Å². The summed E-state index contributed by atoms with van der Waals surface area (Å²) in [7, 11) is 0. The molecule has 0 atom stereocenters. The van der Waals surface area contributed by atoms with Gasteiger partial charge in [-0.05, 0) is 52.6 Å². The number of benzene rings is 1. The Morgan fingerprint density at radius 3 is 2.35 bits per heavy atom. The zero-order valence-electron chi connectivity index (χ0n) is 11.6. The molecule has 0 unspecified atom stereocenters. The molecular weight excluding hydrogens is 224 g/mol. The molecule has 0 amide bonds. The largest absolute Gasteiger partial charge is 0.143 e. The number of thiophene rings is 1. The molecule has 92 valence electrons. The first-order valence-electron chi connectivity index (χ1n) is 6.41. The fourth-order valence-corrected chi connectivity index (χ4v) is 3.56. The Morgan fingerprint density at radius 2 is 1.76 bits per heavy atom. The van der Waals surface area contributed by atoms with E-state index in [0.29, 0.717) is 5.41 Å². The summed E-state index contributed by atoms with van der Waals surface area (Å²) in [6.07, 6.45) is 2.29. The Labute approximate surface area is 109 Å². The lowest BCUT2D eigenvalue weighted by Gasteiger charge is -2.19. The predicted octanol–water partition coefficient (Wildman–Crippen LogP) is 5.36. The zero-order chi connectivity index (χ0) is 12.6. The van der Waals surface area contributed by atoms with Crippen molar-refractivity contribution in [2.75, 3.05) is 0 Å². The molecule has 1 aromatic heterocycles. The van der Waals surface area contributed by atoms with E-state index in [-0.39, 0.29) is 0 Å². The zero-order valence-corrected chi connectivity index (χ0v) is 12.4. The van der Waals surface area contributed by atoms with Gasteiger partial charge in [0.05, 0.1) is 0 Å². The molecule has 0 fully saturated rings. The number of fused-ring (bicyclic) bond motifs is 1. The molecule has 0 aliphatic heterocycles. The van der Waals surface area contributed by atoms with E-state index in [4.69, 9.17) is 0 Å². The predicted molar refractivity (Wildman–Crippen MR) is 79.1 cm³/mol. The van der Waals surface area contributed by atoms with Crippen molar-refractivity contribution in [1.29, 1.82) is 0 Å². The van der Waals surface area contributed by atoms with Crippen molar-refractivity contribution < 1.29 is 0 Å². The Balaban J connectivity index is 2.60. The summed E-state index contributed by atoms with van der Waals surface area (Å²) in [4.78, 5) is 0. The quantitative estimate of drug-likeness (QED) is 0.669. The standard InChI is InChI=1S/C16H22S/c1-6-12-7-8-13(9-16(3,4)5)15-14(12)11(2)10-17-15/h7-8,10H,6,9H2,1-5H3. The van der Waals surface area contributed by atoms with E-state index in [0.717, 1.165) is 12.8 Å². The van der Waals surface area contributed by atoms with Crippen molar-refractivity contribution in [2.24, 2.45) is 5.41 Å². The van der Waals surface area contributed by atoms with Crippen LogP contribution in [0.4, 0.5) is 0 Å². The molecule has 0 N–H and O–H groups in total. The third-order valence-electron chi connectivity index (χ3n) is 3.18. The molecule has 0 aliphatic rings. The van der Waals surface area contributed by atoms with E-state index < -0.39 is 0 Å². The SMILES string of the molecule is CCc1ccc(CC(C)(C)C)c2scc(C)c12. The minimum Gasteiger partial charge on any atom is -0.143 e. The second-order valence-corrected chi connectivity index (χ2v) is 6.98. The molecule has 1 heteroatoms. The molecule has 0 bridgehead atoms. The van der Waals surface area contributed by atoms with Crippen LogP contribution in [0.3, 0.4) is 0 Å². The van der Waals surface area contributed by atoms with Crippen molar-refractivity contribution in [3.05, 3.63) is 34.2 Å². The number of aryl methyl sites for hydroxylation is 2. The summed E-state index contributed by atoms with van der Waals surface area (Å²) in [5.41, 5.74) is 4.82. The molecule has 0 spiro atoms. The number of hydrogen-bond acceptors (Lipinski definition) is 1. The minimum absolute atomic E-state index is 0.360. The van der Waals surface area contributed by atoms with Crippen LogP contribution >= 0.6 is 11.3 Å². The van der Waals surface area contributed by atoms with Gasteiger partial charge in [0.25, 0.3) is 0 Å². The van der Waals surface area contributed by atoms with E-state index in [1.807, 2.05) is 11.3 Å². The maximum Gasteiger partial charge on any atom is 0.0380 e. The first-order chi connectivity index (χ1) is 7.92. The van der Waals surface area contributed by atoms with Crippen molar-refractivity contribution in [3.63, 3.8) is 0 Å². The van der Waals surface area contributed by atoms with E-state index in [1.165, 1.54) is 26.8 Å². The van der Waals surface area contributed by atoms with Crippen molar-refractivity contribution in [2.45, 2.75) is 47.5 Å². The maximum absolute atomic E-state index is 2.34. The lowest BCUT2D eigenvalue weighted by Crippen LogP contribution is -2.09. The third-order valence-corrected chi connectivity index (χ3v) is 4.35. The second-order valence-electron chi connectivity index (χ2n) is 6.10. The van der Waals surface area contributed by atoms with Gasteiger partial charge in [0.1, 0.15) is 0 Å². The molecule has 1 aromatic carbocycles. The van der Waals surface area contributed by atoms with Crippen LogP contribution in [-0.4, -0.2) is 0 Å². The van der Waals surface area contributed by atoms with Crippen LogP contribution in [0.25, 0.3) is 10.1 Å². The van der Waals surface area contributed by atoms with Crippen LogP contribution in [-0.2, 0) is 12.8 Å². The smallest absolute Gasteiger partial charge is 0.0380 e. The summed E-state index contributed by atoms with van der Waals surface area (Å²) >= 11 is 1.91. The van der Waals surface area contributed by atoms with Gasteiger partial charge in [0, 0.05) is 4.70 Å². The van der Waals surface area contributed by atoms with Gasteiger partial charge in [-0.2, -0.15) is 0 Å². The first kappa shape index (κ1) is 12.6. The van der Waals surface area contributed by atoms with Gasteiger partial charge >= 0.3 is 0 Å². The highest BCUT2D eigenvalue weighted by atomic mass is 32.1. The van der Waals surface area contributed by atoms with Crippen LogP contribution in [0.15, 0.2) is 17.5 Å². The fourth-order valence-electron chi connectivity index (χ4n) is 2.44. The Hall–Kier alpha value is -0.820. The topological polar surface area (TPSA) is 0 Å². The Kier molecular flexibility index (Phi) is 3.31. The van der Waals surface area contributed by atoms with Gasteiger partial charge < -0.3 is 0 Å². The molecular formula is C16H22S. The van der Waals surface area contributed by atoms with Crippen LogP contribution in [0.5, 0.6) is 0 Å². The van der Waals surface area contributed by atoms with Gasteiger partial charge in [-0.1, -0.05) is 39.8 Å². The molecule has 17 heavy (non-hydrogen) atoms. The van der Waals surface area contributed by atoms with E-state index >= 15 is 0 Å². The van der Waals surface area contributed by atoms with Gasteiger partial charge in [0.15, 0.2) is 0 Å². The highest BCUT2D eigenvalue weighted by Gasteiger charge is 2.16. The summed E-state index contributed by atoms with van der Waals surface area (Å²) in [6, 6.07) is 4.66. The Bertz CT molecular complexity index is 526. The molecule has 2 aromatic rings. The molecule has 2 rings (SSSR count). The van der Waals surface area contributed by atoms with E-state index in [2.05, 4.69) is 52.1 Å². The lowest BCUT2D eigenvalue weighted by molar-refractivity contribution is 0.413. The van der Waals surface area contributed by atoms with E-state index in [9.17, 15) is 0 Å². The third kappa shape index (κ3) is 2.55. The summed E-state index contributed by atoms with van der Waals surface area (Å²) in [5.74, 6) is 0. The van der Waals surface area contributed by atoms with Crippen LogP contribution in [0, 0.1) is 12.3 Å². The van der Waals surface area contributed by atoms with Gasteiger partial charge in [0.2, 0.25) is 0 Å². The highest BCUT2D eigenvalue weighted by Crippen LogP contribution is 2.34. The molecule has 1 heterocycles. The van der Waals surface area contributed by atoms with Crippen molar-refractivity contribution >= 4 is 21.4 Å². The van der Waals surface area contributed by atoms with Crippen molar-refractivity contribution in [3.8, 4) is 0 Å². The maximum atomic E-state index is 2.34. The van der Waals surface area contributed by atoms with Crippen molar-refractivity contribution in [1.82, 2.24) is 0 Å². The van der Waals surface area contributed by atoms with Gasteiger partial charge in [-0.3, -0.25) is 0 Å². The van der Waals surface area contributed by atoms with Crippen LogP contribution < -0.4 is 0 Å². The molecule has 0 aliphatic carbocycles. The fraction of sp³-hybridized carbons (Fsp3) is 0.500. The average molecular weight is 246 g/mol. The monoisotopic (exact) mass is 246 g/mol. The van der Waals surface area contributed by atoms with E-state index in [1.54, 1.807) is 0 Å². The molecule has 0 saturated heterocycles. The minimum atomic E-state index is 0.360. The normalized spacial score (nSPS) is 12.3. The average Bonchev–Trinajstić information content (AvgIpc) is 2.60. The first-order valence-corrected chi connectivity index (χ1v) is 7.29. The summed E-state index contributed by atoms with van der Waals surface area (Å²) < 4.78 is 1.51. The highest BCUT2D eigenvalue weighted by molar-refractivity contribution is 7.17. The lowest BCUT2D eigenvalue weighted by atomic mass is 9.87. The van der Waals surface area contributed by atoms with Gasteiger partial charge in [-0.15, -0.1) is 11.3 Å². The van der Waals surface area contributed by atoms with Crippen LogP contribution in [0.1, 0.15) is 44.4 Å². The number of rotatable bonds is 2. The van der Waals surface area contributed by atoms with Crippen LogP contribution in [0.2, 0.25) is 0 Å². The summed E-state index contributed by atoms with van der Waals surface area (Å²) in [6.45, 7) is 11.4. The number of hydrogen-bond donors (Lipinski definition) is 0. The molecule has 0 radical (unpaired) electrons. The summed E-state index contributed by atoms with van der Waals surface area (Å²) in [5, 5.41) is 3.81. The second kappa shape index (κ2) is 4.45. The molecule has 0 nitrogen and oxygen atoms in total. The molecule has 0 saturated carbocycles. The Morgan fingerprint density at radius 1 is 1.12 bits per heavy atom.